The first-order chi connectivity index (χ1) is 9.10. The van der Waals surface area contributed by atoms with Crippen LogP contribution in [0.1, 0.15) is 41.6 Å². The molecule has 1 aliphatic carbocycles. The van der Waals surface area contributed by atoms with Gasteiger partial charge in [0.05, 0.1) is 18.2 Å². The highest BCUT2D eigenvalue weighted by molar-refractivity contribution is 5.97. The molecule has 0 saturated heterocycles. The Balaban J connectivity index is 2.22. The SMILES string of the molecule is COc1ccc(C)cc1C(=O)NC1(CN)CCCC1. The number of aryl methyl sites for hydroxylation is 1. The van der Waals surface area contributed by atoms with Crippen molar-refractivity contribution in [2.24, 2.45) is 5.73 Å². The zero-order valence-corrected chi connectivity index (χ0v) is 11.7. The second-order valence-corrected chi connectivity index (χ2v) is 5.35. The molecule has 0 spiro atoms. The second kappa shape index (κ2) is 5.61. The topological polar surface area (TPSA) is 64.3 Å². The fourth-order valence-corrected chi connectivity index (χ4v) is 2.74. The minimum Gasteiger partial charge on any atom is -0.496 e. The molecule has 1 aromatic rings. The lowest BCUT2D eigenvalue weighted by Crippen LogP contribution is -2.51. The Morgan fingerprint density at radius 2 is 2.11 bits per heavy atom. The molecule has 0 atom stereocenters. The number of nitrogens with one attached hydrogen (secondary N) is 1. The molecular formula is C15H22N2O2. The van der Waals surface area contributed by atoms with E-state index in [0.29, 0.717) is 17.9 Å². The van der Waals surface area contributed by atoms with Crippen LogP contribution in [0.15, 0.2) is 18.2 Å². The number of benzene rings is 1. The molecule has 0 heterocycles. The molecule has 0 aliphatic heterocycles. The van der Waals surface area contributed by atoms with E-state index in [1.807, 2.05) is 25.1 Å². The monoisotopic (exact) mass is 262 g/mol. The van der Waals surface area contributed by atoms with Gasteiger partial charge in [0, 0.05) is 6.54 Å². The Hall–Kier alpha value is -1.55. The van der Waals surface area contributed by atoms with Gasteiger partial charge in [-0.1, -0.05) is 24.5 Å². The van der Waals surface area contributed by atoms with Gasteiger partial charge >= 0.3 is 0 Å². The fraction of sp³-hybridized carbons (Fsp3) is 0.533. The zero-order valence-electron chi connectivity index (χ0n) is 11.7. The number of carbonyl (C=O) groups is 1. The molecule has 1 amide bonds. The molecule has 0 bridgehead atoms. The van der Waals surface area contributed by atoms with E-state index in [1.165, 1.54) is 0 Å². The molecule has 1 aliphatic rings. The van der Waals surface area contributed by atoms with Crippen LogP contribution in [0.25, 0.3) is 0 Å². The molecule has 4 heteroatoms. The van der Waals surface area contributed by atoms with Crippen molar-refractivity contribution in [2.45, 2.75) is 38.1 Å². The van der Waals surface area contributed by atoms with Crippen LogP contribution in [0.5, 0.6) is 5.75 Å². The standard InChI is InChI=1S/C15H22N2O2/c1-11-5-6-13(19-2)12(9-11)14(18)17-15(10-16)7-3-4-8-15/h5-6,9H,3-4,7-8,10,16H2,1-2H3,(H,17,18). The van der Waals surface area contributed by atoms with Crippen molar-refractivity contribution in [2.75, 3.05) is 13.7 Å². The molecule has 0 radical (unpaired) electrons. The quantitative estimate of drug-likeness (QED) is 0.872. The molecule has 1 fully saturated rings. The lowest BCUT2D eigenvalue weighted by atomic mass is 9.97. The smallest absolute Gasteiger partial charge is 0.255 e. The van der Waals surface area contributed by atoms with Gasteiger partial charge in [-0.2, -0.15) is 0 Å². The molecular weight excluding hydrogens is 240 g/mol. The van der Waals surface area contributed by atoms with E-state index in [1.54, 1.807) is 7.11 Å². The second-order valence-electron chi connectivity index (χ2n) is 5.35. The van der Waals surface area contributed by atoms with Crippen molar-refractivity contribution in [1.29, 1.82) is 0 Å². The van der Waals surface area contributed by atoms with Gasteiger partial charge in [-0.3, -0.25) is 4.79 Å². The van der Waals surface area contributed by atoms with E-state index in [-0.39, 0.29) is 11.4 Å². The predicted molar refractivity (Wildman–Crippen MR) is 75.5 cm³/mol. The van der Waals surface area contributed by atoms with Gasteiger partial charge < -0.3 is 15.8 Å². The summed E-state index contributed by atoms with van der Waals surface area (Å²) < 4.78 is 5.26. The van der Waals surface area contributed by atoms with Crippen molar-refractivity contribution >= 4 is 5.91 Å². The van der Waals surface area contributed by atoms with Gasteiger partial charge in [-0.15, -0.1) is 0 Å². The van der Waals surface area contributed by atoms with Gasteiger partial charge in [-0.05, 0) is 31.9 Å². The van der Waals surface area contributed by atoms with Crippen LogP contribution in [0, 0.1) is 6.92 Å². The number of carbonyl (C=O) groups excluding carboxylic acids is 1. The van der Waals surface area contributed by atoms with Crippen LogP contribution < -0.4 is 15.8 Å². The summed E-state index contributed by atoms with van der Waals surface area (Å²) in [6.07, 6.45) is 4.18. The van der Waals surface area contributed by atoms with Crippen LogP contribution in [-0.2, 0) is 0 Å². The van der Waals surface area contributed by atoms with E-state index < -0.39 is 0 Å². The number of rotatable bonds is 4. The average molecular weight is 262 g/mol. The first-order valence-electron chi connectivity index (χ1n) is 6.77. The average Bonchev–Trinajstić information content (AvgIpc) is 2.87. The predicted octanol–water partition coefficient (Wildman–Crippen LogP) is 2.00. The van der Waals surface area contributed by atoms with E-state index in [2.05, 4.69) is 5.32 Å². The first-order valence-corrected chi connectivity index (χ1v) is 6.77. The largest absolute Gasteiger partial charge is 0.496 e. The van der Waals surface area contributed by atoms with Gasteiger partial charge in [0.1, 0.15) is 5.75 Å². The van der Waals surface area contributed by atoms with Crippen LogP contribution in [0.2, 0.25) is 0 Å². The van der Waals surface area contributed by atoms with Gasteiger partial charge in [0.25, 0.3) is 5.91 Å². The van der Waals surface area contributed by atoms with Gasteiger partial charge in [0.15, 0.2) is 0 Å². The highest BCUT2D eigenvalue weighted by Crippen LogP contribution is 2.30. The number of ether oxygens (including phenoxy) is 1. The Bertz CT molecular complexity index is 465. The molecule has 104 valence electrons. The maximum absolute atomic E-state index is 12.5. The number of amides is 1. The molecule has 0 aromatic heterocycles. The molecule has 2 rings (SSSR count). The zero-order chi connectivity index (χ0) is 13.9. The summed E-state index contributed by atoms with van der Waals surface area (Å²) in [5.74, 6) is 0.515. The molecule has 0 unspecified atom stereocenters. The minimum atomic E-state index is -0.230. The summed E-state index contributed by atoms with van der Waals surface area (Å²) in [6, 6.07) is 5.62. The van der Waals surface area contributed by atoms with E-state index >= 15 is 0 Å². The van der Waals surface area contributed by atoms with E-state index in [4.69, 9.17) is 10.5 Å². The highest BCUT2D eigenvalue weighted by atomic mass is 16.5. The summed E-state index contributed by atoms with van der Waals surface area (Å²) in [5.41, 5.74) is 7.25. The number of hydrogen-bond acceptors (Lipinski definition) is 3. The molecule has 1 aromatic carbocycles. The summed E-state index contributed by atoms with van der Waals surface area (Å²) in [6.45, 7) is 2.46. The van der Waals surface area contributed by atoms with Crippen LogP contribution in [0.3, 0.4) is 0 Å². The summed E-state index contributed by atoms with van der Waals surface area (Å²) in [7, 11) is 1.58. The number of hydrogen-bond donors (Lipinski definition) is 2. The Morgan fingerprint density at radius 1 is 1.42 bits per heavy atom. The van der Waals surface area contributed by atoms with Crippen molar-refractivity contribution in [3.8, 4) is 5.75 Å². The normalized spacial score (nSPS) is 17.2. The maximum atomic E-state index is 12.5. The Morgan fingerprint density at radius 3 is 2.68 bits per heavy atom. The van der Waals surface area contributed by atoms with Crippen molar-refractivity contribution in [3.63, 3.8) is 0 Å². The van der Waals surface area contributed by atoms with Crippen LogP contribution in [-0.4, -0.2) is 25.1 Å². The lowest BCUT2D eigenvalue weighted by Gasteiger charge is -2.29. The lowest BCUT2D eigenvalue weighted by molar-refractivity contribution is 0.0900. The van der Waals surface area contributed by atoms with Gasteiger partial charge in [0.2, 0.25) is 0 Å². The third-order valence-corrected chi connectivity index (χ3v) is 3.93. The number of methoxy groups -OCH3 is 1. The number of nitrogens with two attached hydrogens (primary N) is 1. The van der Waals surface area contributed by atoms with Crippen LogP contribution in [0.4, 0.5) is 0 Å². The van der Waals surface area contributed by atoms with Crippen molar-refractivity contribution in [1.82, 2.24) is 5.32 Å². The van der Waals surface area contributed by atoms with Crippen molar-refractivity contribution in [3.05, 3.63) is 29.3 Å². The van der Waals surface area contributed by atoms with Crippen LogP contribution >= 0.6 is 0 Å². The van der Waals surface area contributed by atoms with E-state index in [0.717, 1.165) is 31.2 Å². The van der Waals surface area contributed by atoms with Crippen molar-refractivity contribution < 1.29 is 9.53 Å². The third-order valence-electron chi connectivity index (χ3n) is 3.93. The molecule has 4 nitrogen and oxygen atoms in total. The molecule has 19 heavy (non-hydrogen) atoms. The fourth-order valence-electron chi connectivity index (χ4n) is 2.74. The first kappa shape index (κ1) is 13.9. The Kier molecular flexibility index (Phi) is 4.10. The summed E-state index contributed by atoms with van der Waals surface area (Å²) in [5, 5.41) is 3.12. The third kappa shape index (κ3) is 2.89. The maximum Gasteiger partial charge on any atom is 0.255 e. The molecule has 3 N–H and O–H groups in total. The van der Waals surface area contributed by atoms with E-state index in [9.17, 15) is 4.79 Å². The molecule has 1 saturated carbocycles. The summed E-state index contributed by atoms with van der Waals surface area (Å²) >= 11 is 0. The highest BCUT2D eigenvalue weighted by Gasteiger charge is 2.34. The Labute approximate surface area is 114 Å². The summed E-state index contributed by atoms with van der Waals surface area (Å²) in [4.78, 5) is 12.5. The van der Waals surface area contributed by atoms with Gasteiger partial charge in [-0.25, -0.2) is 0 Å². The minimum absolute atomic E-state index is 0.0899.